The minimum absolute atomic E-state index is 0.139. The molecule has 10 heteroatoms. The van der Waals surface area contributed by atoms with Crippen LogP contribution in [0.5, 0.6) is 5.75 Å². The summed E-state index contributed by atoms with van der Waals surface area (Å²) < 4.78 is 0. The van der Waals surface area contributed by atoms with E-state index in [1.54, 1.807) is 53.6 Å². The van der Waals surface area contributed by atoms with Crippen LogP contribution in [0.1, 0.15) is 12.5 Å². The van der Waals surface area contributed by atoms with Gasteiger partial charge in [-0.25, -0.2) is 4.98 Å². The number of thioether (sulfide) groups is 1. The number of aromatic hydroxyl groups is 1. The van der Waals surface area contributed by atoms with E-state index in [0.29, 0.717) is 10.9 Å². The molecule has 0 radical (unpaired) electrons. The number of thiophene rings is 1. The van der Waals surface area contributed by atoms with Crippen molar-refractivity contribution in [2.45, 2.75) is 17.6 Å². The molecule has 0 aliphatic heterocycles. The molecule has 4 aromatic rings. The molecular formula is C20H17N5O2S3. The van der Waals surface area contributed by atoms with Crippen LogP contribution in [0, 0.1) is 0 Å². The Bertz CT molecular complexity index is 1160. The van der Waals surface area contributed by atoms with Crippen molar-refractivity contribution < 1.29 is 9.90 Å². The summed E-state index contributed by atoms with van der Waals surface area (Å²) in [4.78, 5) is 17.6. The quantitative estimate of drug-likeness (QED) is 0.255. The van der Waals surface area contributed by atoms with E-state index in [-0.39, 0.29) is 11.7 Å². The zero-order chi connectivity index (χ0) is 20.9. The predicted molar refractivity (Wildman–Crippen MR) is 123 cm³/mol. The molecule has 0 saturated heterocycles. The number of nitrogens with zero attached hydrogens (tertiary/aromatic N) is 3. The molecule has 3 heterocycles. The van der Waals surface area contributed by atoms with Crippen molar-refractivity contribution >= 4 is 57.0 Å². The van der Waals surface area contributed by atoms with Gasteiger partial charge in [-0.2, -0.15) is 0 Å². The lowest BCUT2D eigenvalue weighted by atomic mass is 10.3. The second kappa shape index (κ2) is 9.24. The number of nitrogens with one attached hydrogen (secondary N) is 2. The number of pyridine rings is 1. The van der Waals surface area contributed by atoms with Crippen LogP contribution in [-0.2, 0) is 10.5 Å². The molecule has 152 valence electrons. The van der Waals surface area contributed by atoms with Crippen molar-refractivity contribution in [3.8, 4) is 15.6 Å². The Balaban J connectivity index is 1.44. The van der Waals surface area contributed by atoms with Gasteiger partial charge in [-0.3, -0.25) is 4.79 Å². The Hall–Kier alpha value is -2.95. The first-order chi connectivity index (χ1) is 14.6. The summed E-state index contributed by atoms with van der Waals surface area (Å²) in [6.45, 7) is 1.47. The van der Waals surface area contributed by atoms with Gasteiger partial charge < -0.3 is 15.7 Å². The molecule has 7 nitrogen and oxygen atoms in total. The second-order valence-corrected chi connectivity index (χ2v) is 9.13. The van der Waals surface area contributed by atoms with Gasteiger partial charge in [0, 0.05) is 29.5 Å². The molecule has 0 aliphatic carbocycles. The lowest BCUT2D eigenvalue weighted by Gasteiger charge is -2.05. The highest BCUT2D eigenvalue weighted by molar-refractivity contribution is 7.98. The summed E-state index contributed by atoms with van der Waals surface area (Å²) in [5.41, 5.74) is 1.91. The first-order valence-corrected chi connectivity index (χ1v) is 11.6. The number of phenolic OH excluding ortho intramolecular Hbond substituents is 1. The van der Waals surface area contributed by atoms with E-state index in [0.717, 1.165) is 31.8 Å². The molecule has 4 rings (SSSR count). The molecule has 0 spiro atoms. The molecule has 0 fully saturated rings. The SMILES string of the molecule is CC(=O)Nc1cc(CSc2ccsc2-c2nnc(Nc3ccc(O)cc3)s2)ccn1. The summed E-state index contributed by atoms with van der Waals surface area (Å²) in [6.07, 6.45) is 1.70. The van der Waals surface area contributed by atoms with E-state index in [4.69, 9.17) is 0 Å². The van der Waals surface area contributed by atoms with Crippen LogP contribution < -0.4 is 10.6 Å². The number of phenols is 1. The standard InChI is InChI=1S/C20H17N5O2S3/c1-12(26)22-17-10-13(6-8-21-17)11-29-16-7-9-28-18(16)19-24-25-20(30-19)23-14-2-4-15(27)5-3-14/h2-10,27H,11H2,1H3,(H,23,25)(H,21,22,26). The summed E-state index contributed by atoms with van der Waals surface area (Å²) >= 11 is 4.81. The fourth-order valence-corrected chi connectivity index (χ4v) is 5.59. The van der Waals surface area contributed by atoms with E-state index >= 15 is 0 Å². The number of benzene rings is 1. The van der Waals surface area contributed by atoms with Crippen LogP contribution in [0.25, 0.3) is 9.88 Å². The van der Waals surface area contributed by atoms with Crippen LogP contribution in [0.15, 0.2) is 58.9 Å². The van der Waals surface area contributed by atoms with E-state index in [2.05, 4.69) is 31.9 Å². The van der Waals surface area contributed by atoms with Crippen molar-refractivity contribution in [2.75, 3.05) is 10.6 Å². The van der Waals surface area contributed by atoms with Gasteiger partial charge in [0.05, 0.1) is 4.88 Å². The molecule has 0 bridgehead atoms. The maximum atomic E-state index is 11.2. The van der Waals surface area contributed by atoms with Gasteiger partial charge in [0.1, 0.15) is 11.6 Å². The Labute approximate surface area is 185 Å². The average Bonchev–Trinajstić information content (AvgIpc) is 3.37. The molecule has 1 amide bonds. The third-order valence-electron chi connectivity index (χ3n) is 3.89. The van der Waals surface area contributed by atoms with Gasteiger partial charge in [-0.1, -0.05) is 11.3 Å². The zero-order valence-corrected chi connectivity index (χ0v) is 18.3. The van der Waals surface area contributed by atoms with E-state index in [1.807, 2.05) is 17.5 Å². The third-order valence-corrected chi connectivity index (χ3v) is 7.05. The smallest absolute Gasteiger partial charge is 0.222 e. The van der Waals surface area contributed by atoms with Gasteiger partial charge in [-0.15, -0.1) is 33.3 Å². The Kier molecular flexibility index (Phi) is 6.26. The Morgan fingerprint density at radius 1 is 1.17 bits per heavy atom. The molecule has 30 heavy (non-hydrogen) atoms. The number of anilines is 3. The van der Waals surface area contributed by atoms with Gasteiger partial charge >= 0.3 is 0 Å². The van der Waals surface area contributed by atoms with E-state index in [9.17, 15) is 9.90 Å². The van der Waals surface area contributed by atoms with Crippen LogP contribution in [0.4, 0.5) is 16.6 Å². The van der Waals surface area contributed by atoms with Gasteiger partial charge in [0.2, 0.25) is 11.0 Å². The molecule has 1 aromatic carbocycles. The molecule has 0 unspecified atom stereocenters. The fourth-order valence-electron chi connectivity index (χ4n) is 2.57. The second-order valence-electron chi connectivity index (χ2n) is 6.22. The highest BCUT2D eigenvalue weighted by atomic mass is 32.2. The molecule has 0 atom stereocenters. The summed E-state index contributed by atoms with van der Waals surface area (Å²) in [5, 5.41) is 27.4. The molecule has 0 aliphatic rings. The van der Waals surface area contributed by atoms with Crippen molar-refractivity contribution in [1.29, 1.82) is 0 Å². The predicted octanol–water partition coefficient (Wildman–Crippen LogP) is 5.36. The highest BCUT2D eigenvalue weighted by Gasteiger charge is 2.14. The number of amides is 1. The molecule has 0 saturated carbocycles. The van der Waals surface area contributed by atoms with Crippen molar-refractivity contribution in [1.82, 2.24) is 15.2 Å². The lowest BCUT2D eigenvalue weighted by molar-refractivity contribution is -0.114. The van der Waals surface area contributed by atoms with Crippen molar-refractivity contribution in [3.63, 3.8) is 0 Å². The number of hydrogen-bond donors (Lipinski definition) is 3. The monoisotopic (exact) mass is 455 g/mol. The number of carbonyl (C=O) groups is 1. The normalized spacial score (nSPS) is 10.7. The van der Waals surface area contributed by atoms with E-state index in [1.165, 1.54) is 18.3 Å². The topological polar surface area (TPSA) is 100 Å². The Morgan fingerprint density at radius 2 is 2.00 bits per heavy atom. The minimum Gasteiger partial charge on any atom is -0.508 e. The minimum atomic E-state index is -0.139. The summed E-state index contributed by atoms with van der Waals surface area (Å²) in [5.74, 6) is 1.38. The van der Waals surface area contributed by atoms with Gasteiger partial charge in [-0.05, 0) is 53.4 Å². The van der Waals surface area contributed by atoms with Gasteiger partial charge in [0.15, 0.2) is 5.01 Å². The van der Waals surface area contributed by atoms with Crippen LogP contribution in [0.3, 0.4) is 0 Å². The highest BCUT2D eigenvalue weighted by Crippen LogP contribution is 2.40. The lowest BCUT2D eigenvalue weighted by Crippen LogP contribution is -2.07. The largest absolute Gasteiger partial charge is 0.508 e. The van der Waals surface area contributed by atoms with Crippen LogP contribution in [0.2, 0.25) is 0 Å². The maximum Gasteiger partial charge on any atom is 0.222 e. The number of aromatic nitrogens is 3. The summed E-state index contributed by atoms with van der Waals surface area (Å²) in [7, 11) is 0. The van der Waals surface area contributed by atoms with Crippen molar-refractivity contribution in [3.05, 3.63) is 59.6 Å². The third kappa shape index (κ3) is 5.15. The molecule has 3 N–H and O–H groups in total. The first-order valence-electron chi connectivity index (χ1n) is 8.89. The Morgan fingerprint density at radius 3 is 2.80 bits per heavy atom. The number of carbonyl (C=O) groups excluding carboxylic acids is 1. The van der Waals surface area contributed by atoms with Crippen LogP contribution in [-0.4, -0.2) is 26.2 Å². The van der Waals surface area contributed by atoms with Gasteiger partial charge in [0.25, 0.3) is 0 Å². The first kappa shape index (κ1) is 20.3. The van der Waals surface area contributed by atoms with Crippen LogP contribution >= 0.6 is 34.4 Å². The molecular weight excluding hydrogens is 438 g/mol. The number of hydrogen-bond acceptors (Lipinski definition) is 9. The zero-order valence-electron chi connectivity index (χ0n) is 15.8. The number of rotatable bonds is 7. The summed E-state index contributed by atoms with van der Waals surface area (Å²) in [6, 6.07) is 12.7. The maximum absolute atomic E-state index is 11.2. The van der Waals surface area contributed by atoms with Crippen molar-refractivity contribution in [2.24, 2.45) is 0 Å². The molecule has 3 aromatic heterocycles. The average molecular weight is 456 g/mol. The van der Waals surface area contributed by atoms with E-state index < -0.39 is 0 Å². The fraction of sp³-hybridized carbons (Fsp3) is 0.100.